The summed E-state index contributed by atoms with van der Waals surface area (Å²) in [5, 5.41) is 7.50. The van der Waals surface area contributed by atoms with E-state index in [0.717, 1.165) is 12.1 Å². The molecular weight excluding hydrogens is 160 g/mol. The van der Waals surface area contributed by atoms with Crippen molar-refractivity contribution in [2.24, 2.45) is 0 Å². The van der Waals surface area contributed by atoms with Gasteiger partial charge in [0.2, 0.25) is 0 Å². The summed E-state index contributed by atoms with van der Waals surface area (Å²) in [7, 11) is 4.09. The lowest BCUT2D eigenvalue weighted by atomic mass is 10.1. The fourth-order valence-corrected chi connectivity index (χ4v) is 1.27. The summed E-state index contributed by atoms with van der Waals surface area (Å²) in [5.41, 5.74) is 2.90. The molecule has 0 spiro atoms. The van der Waals surface area contributed by atoms with Crippen LogP contribution in [0.25, 0.3) is 0 Å². The number of benzene rings is 1. The molecule has 1 rings (SSSR count). The van der Waals surface area contributed by atoms with E-state index in [9.17, 15) is 0 Å². The van der Waals surface area contributed by atoms with Crippen LogP contribution in [0.2, 0.25) is 0 Å². The third-order valence-electron chi connectivity index (χ3n) is 1.86. The predicted molar refractivity (Wildman–Crippen MR) is 56.3 cm³/mol. The zero-order valence-electron chi connectivity index (χ0n) is 8.46. The van der Waals surface area contributed by atoms with Gasteiger partial charge in [-0.1, -0.05) is 18.2 Å². The Kier molecular flexibility index (Phi) is 3.20. The lowest BCUT2D eigenvalue weighted by Gasteiger charge is -2.10. The molecular formula is C11H16N2. The highest BCUT2D eigenvalue weighted by atomic mass is 15.0. The molecule has 0 fully saturated rings. The lowest BCUT2D eigenvalue weighted by molar-refractivity contribution is 0.402. The van der Waals surface area contributed by atoms with Crippen molar-refractivity contribution in [2.75, 3.05) is 14.1 Å². The molecule has 0 aliphatic heterocycles. The summed E-state index contributed by atoms with van der Waals surface area (Å²) in [4.78, 5) is 2.12. The minimum Gasteiger partial charge on any atom is -0.305 e. The van der Waals surface area contributed by atoms with Gasteiger partial charge in [-0.05, 0) is 38.2 Å². The van der Waals surface area contributed by atoms with Gasteiger partial charge in [0.1, 0.15) is 0 Å². The molecule has 1 aromatic rings. The van der Waals surface area contributed by atoms with Gasteiger partial charge in [-0.15, -0.1) is 0 Å². The number of nitrogens with zero attached hydrogens (tertiary/aromatic N) is 1. The Balaban J connectivity index is 2.85. The molecule has 0 aliphatic carbocycles. The first-order valence-corrected chi connectivity index (χ1v) is 4.39. The van der Waals surface area contributed by atoms with E-state index >= 15 is 0 Å². The second-order valence-electron chi connectivity index (χ2n) is 3.56. The van der Waals surface area contributed by atoms with Gasteiger partial charge in [0, 0.05) is 12.3 Å². The Morgan fingerprint density at radius 1 is 1.38 bits per heavy atom. The highest BCUT2D eigenvalue weighted by molar-refractivity contribution is 5.96. The number of hydrogen-bond donors (Lipinski definition) is 1. The van der Waals surface area contributed by atoms with Crippen molar-refractivity contribution >= 4 is 5.71 Å². The molecule has 2 nitrogen and oxygen atoms in total. The minimum atomic E-state index is 0.626. The largest absolute Gasteiger partial charge is 0.305 e. The average molecular weight is 176 g/mol. The molecule has 0 aliphatic rings. The number of nitrogens with one attached hydrogen (secondary N) is 1. The summed E-state index contributed by atoms with van der Waals surface area (Å²) in [5.74, 6) is 0. The van der Waals surface area contributed by atoms with Gasteiger partial charge in [0.15, 0.2) is 0 Å². The Hall–Kier alpha value is -1.15. The molecule has 0 unspecified atom stereocenters. The van der Waals surface area contributed by atoms with Gasteiger partial charge < -0.3 is 10.3 Å². The molecule has 0 atom stereocenters. The van der Waals surface area contributed by atoms with Crippen LogP contribution in [-0.2, 0) is 6.54 Å². The van der Waals surface area contributed by atoms with E-state index in [1.54, 1.807) is 0 Å². The number of hydrogen-bond acceptors (Lipinski definition) is 2. The molecule has 0 amide bonds. The van der Waals surface area contributed by atoms with Crippen LogP contribution in [0.4, 0.5) is 0 Å². The molecule has 2 heteroatoms. The van der Waals surface area contributed by atoms with Crippen molar-refractivity contribution in [3.63, 3.8) is 0 Å². The first kappa shape index (κ1) is 9.93. The van der Waals surface area contributed by atoms with E-state index in [4.69, 9.17) is 5.41 Å². The first-order valence-electron chi connectivity index (χ1n) is 4.39. The Morgan fingerprint density at radius 2 is 2.08 bits per heavy atom. The third kappa shape index (κ3) is 2.99. The number of rotatable bonds is 3. The molecule has 1 aromatic carbocycles. The van der Waals surface area contributed by atoms with Crippen LogP contribution in [0.1, 0.15) is 18.1 Å². The van der Waals surface area contributed by atoms with Crippen molar-refractivity contribution < 1.29 is 0 Å². The highest BCUT2D eigenvalue weighted by Crippen LogP contribution is 2.07. The van der Waals surface area contributed by atoms with Gasteiger partial charge in [0.05, 0.1) is 0 Å². The van der Waals surface area contributed by atoms with Crippen molar-refractivity contribution in [3.8, 4) is 0 Å². The molecule has 0 aromatic heterocycles. The minimum absolute atomic E-state index is 0.626. The molecule has 70 valence electrons. The van der Waals surface area contributed by atoms with E-state index in [1.165, 1.54) is 5.56 Å². The maximum Gasteiger partial charge on any atom is 0.0355 e. The molecule has 0 radical (unpaired) electrons. The molecule has 0 heterocycles. The Labute approximate surface area is 79.7 Å². The molecule has 1 N–H and O–H groups in total. The first-order chi connectivity index (χ1) is 6.09. The van der Waals surface area contributed by atoms with Crippen LogP contribution in [0.5, 0.6) is 0 Å². The van der Waals surface area contributed by atoms with E-state index in [1.807, 2.05) is 33.2 Å². The fraction of sp³-hybridized carbons (Fsp3) is 0.364. The Bertz CT molecular complexity index is 303. The fourth-order valence-electron chi connectivity index (χ4n) is 1.27. The molecule has 0 saturated carbocycles. The third-order valence-corrected chi connectivity index (χ3v) is 1.86. The van der Waals surface area contributed by atoms with Crippen LogP contribution < -0.4 is 0 Å². The van der Waals surface area contributed by atoms with Crippen LogP contribution >= 0.6 is 0 Å². The zero-order chi connectivity index (χ0) is 9.84. The van der Waals surface area contributed by atoms with Gasteiger partial charge in [-0.25, -0.2) is 0 Å². The molecule has 13 heavy (non-hydrogen) atoms. The van der Waals surface area contributed by atoms with Gasteiger partial charge in [-0.3, -0.25) is 0 Å². The maximum atomic E-state index is 7.50. The van der Waals surface area contributed by atoms with Crippen molar-refractivity contribution in [1.29, 1.82) is 5.41 Å². The highest BCUT2D eigenvalue weighted by Gasteiger charge is 1.98. The van der Waals surface area contributed by atoms with E-state index in [0.29, 0.717) is 5.71 Å². The maximum absolute atomic E-state index is 7.50. The van der Waals surface area contributed by atoms with Gasteiger partial charge in [0.25, 0.3) is 0 Å². The van der Waals surface area contributed by atoms with Crippen molar-refractivity contribution in [2.45, 2.75) is 13.5 Å². The SMILES string of the molecule is CC(=N)c1cccc(CN(C)C)c1. The van der Waals surface area contributed by atoms with Crippen LogP contribution in [0, 0.1) is 5.41 Å². The summed E-state index contributed by atoms with van der Waals surface area (Å²) >= 11 is 0. The van der Waals surface area contributed by atoms with Crippen LogP contribution in [0.15, 0.2) is 24.3 Å². The standard InChI is InChI=1S/C11H16N2/c1-9(12)11-6-4-5-10(7-11)8-13(2)3/h4-7,12H,8H2,1-3H3. The van der Waals surface area contributed by atoms with Crippen LogP contribution in [-0.4, -0.2) is 24.7 Å². The second kappa shape index (κ2) is 4.19. The summed E-state index contributed by atoms with van der Waals surface area (Å²) in [6.45, 7) is 2.75. The zero-order valence-corrected chi connectivity index (χ0v) is 8.46. The van der Waals surface area contributed by atoms with Gasteiger partial charge >= 0.3 is 0 Å². The predicted octanol–water partition coefficient (Wildman–Crippen LogP) is 2.14. The second-order valence-corrected chi connectivity index (χ2v) is 3.56. The van der Waals surface area contributed by atoms with E-state index in [2.05, 4.69) is 17.0 Å². The van der Waals surface area contributed by atoms with Crippen molar-refractivity contribution in [3.05, 3.63) is 35.4 Å². The van der Waals surface area contributed by atoms with Gasteiger partial charge in [-0.2, -0.15) is 0 Å². The van der Waals surface area contributed by atoms with E-state index in [-0.39, 0.29) is 0 Å². The molecule has 0 bridgehead atoms. The monoisotopic (exact) mass is 176 g/mol. The van der Waals surface area contributed by atoms with Crippen LogP contribution in [0.3, 0.4) is 0 Å². The topological polar surface area (TPSA) is 27.1 Å². The average Bonchev–Trinajstić information content (AvgIpc) is 2.03. The normalized spacial score (nSPS) is 10.5. The summed E-state index contributed by atoms with van der Waals surface area (Å²) in [6, 6.07) is 8.14. The Morgan fingerprint density at radius 3 is 2.62 bits per heavy atom. The van der Waals surface area contributed by atoms with Crippen molar-refractivity contribution in [1.82, 2.24) is 4.90 Å². The summed E-state index contributed by atoms with van der Waals surface area (Å²) < 4.78 is 0. The lowest BCUT2D eigenvalue weighted by Crippen LogP contribution is -2.10. The van der Waals surface area contributed by atoms with E-state index < -0.39 is 0 Å². The quantitative estimate of drug-likeness (QED) is 0.702. The summed E-state index contributed by atoms with van der Waals surface area (Å²) in [6.07, 6.45) is 0. The molecule has 0 saturated heterocycles. The smallest absolute Gasteiger partial charge is 0.0355 e.